The van der Waals surface area contributed by atoms with Gasteiger partial charge in [-0.05, 0) is 19.8 Å². The second-order valence-corrected chi connectivity index (χ2v) is 4.13. The van der Waals surface area contributed by atoms with E-state index in [2.05, 4.69) is 31.8 Å². The first-order valence-electron chi connectivity index (χ1n) is 4.47. The van der Waals surface area contributed by atoms with Gasteiger partial charge in [-0.15, -0.1) is 0 Å². The molecule has 72 valence electrons. The van der Waals surface area contributed by atoms with E-state index in [1.54, 1.807) is 6.92 Å². The first kappa shape index (κ1) is 11.8. The largest absolute Gasteiger partial charge is 0.352 e. The predicted molar refractivity (Wildman–Crippen MR) is 55.5 cm³/mol. The van der Waals surface area contributed by atoms with Gasteiger partial charge in [-0.3, -0.25) is 4.79 Å². The van der Waals surface area contributed by atoms with E-state index in [9.17, 15) is 4.79 Å². The molecular weight excluding hydrogens is 170 g/mol. The van der Waals surface area contributed by atoms with Crippen molar-refractivity contribution in [1.82, 2.24) is 5.32 Å². The second-order valence-electron chi connectivity index (χ2n) is 3.36. The van der Waals surface area contributed by atoms with E-state index in [1.165, 1.54) is 0 Å². The molecule has 0 aliphatic heterocycles. The van der Waals surface area contributed by atoms with Crippen LogP contribution in [0.15, 0.2) is 0 Å². The summed E-state index contributed by atoms with van der Waals surface area (Å²) in [6.45, 7) is 8.07. The average molecular weight is 189 g/mol. The van der Waals surface area contributed by atoms with Crippen LogP contribution in [-0.4, -0.2) is 17.2 Å². The van der Waals surface area contributed by atoms with Crippen LogP contribution in [0.5, 0.6) is 0 Å². The molecule has 0 rings (SSSR count). The minimum absolute atomic E-state index is 0.0196. The summed E-state index contributed by atoms with van der Waals surface area (Å²) in [6, 6.07) is 0.247. The van der Waals surface area contributed by atoms with Gasteiger partial charge < -0.3 is 5.32 Å². The van der Waals surface area contributed by atoms with Crippen molar-refractivity contribution in [3.63, 3.8) is 0 Å². The number of nitrogens with one attached hydrogen (secondary N) is 1. The Morgan fingerprint density at radius 3 is 2.25 bits per heavy atom. The Bertz CT molecular complexity index is 147. The van der Waals surface area contributed by atoms with E-state index in [4.69, 9.17) is 0 Å². The van der Waals surface area contributed by atoms with Crippen molar-refractivity contribution in [1.29, 1.82) is 0 Å². The summed E-state index contributed by atoms with van der Waals surface area (Å²) in [7, 11) is 0. The lowest BCUT2D eigenvalue weighted by Crippen LogP contribution is -2.40. The lowest BCUT2D eigenvalue weighted by molar-refractivity contribution is -0.121. The van der Waals surface area contributed by atoms with Crippen LogP contribution in [0.3, 0.4) is 0 Å². The minimum atomic E-state index is -0.212. The molecule has 0 saturated heterocycles. The molecule has 0 heterocycles. The molecule has 0 aromatic carbocycles. The maximum Gasteiger partial charge on any atom is 0.232 e. The molecule has 0 aromatic heterocycles. The van der Waals surface area contributed by atoms with Crippen molar-refractivity contribution in [2.75, 3.05) is 0 Å². The zero-order chi connectivity index (χ0) is 9.72. The highest BCUT2D eigenvalue weighted by Crippen LogP contribution is 2.07. The van der Waals surface area contributed by atoms with Gasteiger partial charge in [0, 0.05) is 6.04 Å². The quantitative estimate of drug-likeness (QED) is 0.649. The third-order valence-electron chi connectivity index (χ3n) is 2.25. The average Bonchev–Trinajstić information content (AvgIpc) is 2.02. The molecule has 0 aromatic rings. The van der Waals surface area contributed by atoms with Crippen LogP contribution < -0.4 is 5.32 Å². The first-order valence-corrected chi connectivity index (χ1v) is 4.99. The van der Waals surface area contributed by atoms with E-state index in [0.717, 1.165) is 6.42 Å². The number of thiol groups is 1. The number of rotatable bonds is 4. The second kappa shape index (κ2) is 5.46. The molecule has 0 spiro atoms. The van der Waals surface area contributed by atoms with Crippen LogP contribution in [0.25, 0.3) is 0 Å². The zero-order valence-corrected chi connectivity index (χ0v) is 9.19. The fraction of sp³-hybridized carbons (Fsp3) is 0.889. The number of hydrogen-bond acceptors (Lipinski definition) is 2. The highest BCUT2D eigenvalue weighted by molar-refractivity contribution is 7.81. The monoisotopic (exact) mass is 189 g/mol. The van der Waals surface area contributed by atoms with E-state index in [-0.39, 0.29) is 17.2 Å². The highest BCUT2D eigenvalue weighted by Gasteiger charge is 2.14. The molecule has 0 aliphatic rings. The summed E-state index contributed by atoms with van der Waals surface area (Å²) < 4.78 is 0. The molecule has 12 heavy (non-hydrogen) atoms. The Labute approximate surface area is 80.5 Å². The maximum absolute atomic E-state index is 11.2. The first-order chi connectivity index (χ1) is 5.49. The number of carbonyl (C=O) groups is 1. The zero-order valence-electron chi connectivity index (χ0n) is 8.29. The standard InChI is InChI=1S/C9H19NOS/c1-5-6(2)7(3)10-9(11)8(4)12/h6-8,12H,5H2,1-4H3,(H,10,11). The van der Waals surface area contributed by atoms with Gasteiger partial charge in [-0.1, -0.05) is 20.3 Å². The van der Waals surface area contributed by atoms with E-state index >= 15 is 0 Å². The lowest BCUT2D eigenvalue weighted by atomic mass is 10.0. The van der Waals surface area contributed by atoms with Crippen molar-refractivity contribution in [2.45, 2.75) is 45.4 Å². The highest BCUT2D eigenvalue weighted by atomic mass is 32.1. The van der Waals surface area contributed by atoms with Crippen molar-refractivity contribution >= 4 is 18.5 Å². The lowest BCUT2D eigenvalue weighted by Gasteiger charge is -2.20. The summed E-state index contributed by atoms with van der Waals surface area (Å²) in [5, 5.41) is 2.70. The van der Waals surface area contributed by atoms with Gasteiger partial charge in [0.15, 0.2) is 0 Å². The number of amides is 1. The summed E-state index contributed by atoms with van der Waals surface area (Å²) in [4.78, 5) is 11.2. The van der Waals surface area contributed by atoms with Crippen molar-refractivity contribution < 1.29 is 4.79 Å². The normalized spacial score (nSPS) is 18.1. The summed E-state index contributed by atoms with van der Waals surface area (Å²) in [6.07, 6.45) is 1.09. The van der Waals surface area contributed by atoms with Gasteiger partial charge in [-0.25, -0.2) is 0 Å². The van der Waals surface area contributed by atoms with Crippen molar-refractivity contribution in [2.24, 2.45) is 5.92 Å². The molecule has 1 amide bonds. The summed E-state index contributed by atoms with van der Waals surface area (Å²) >= 11 is 4.05. The molecule has 3 atom stereocenters. The molecule has 0 fully saturated rings. The van der Waals surface area contributed by atoms with Crippen molar-refractivity contribution in [3.05, 3.63) is 0 Å². The van der Waals surface area contributed by atoms with E-state index in [0.29, 0.717) is 5.92 Å². The minimum Gasteiger partial charge on any atom is -0.352 e. The Balaban J connectivity index is 3.83. The maximum atomic E-state index is 11.2. The fourth-order valence-corrected chi connectivity index (χ4v) is 0.915. The Hall–Kier alpha value is -0.180. The summed E-state index contributed by atoms with van der Waals surface area (Å²) in [5.74, 6) is 0.548. The van der Waals surface area contributed by atoms with Gasteiger partial charge >= 0.3 is 0 Å². The van der Waals surface area contributed by atoms with Gasteiger partial charge in [0.05, 0.1) is 5.25 Å². The summed E-state index contributed by atoms with van der Waals surface area (Å²) in [5.41, 5.74) is 0. The van der Waals surface area contributed by atoms with Crippen LogP contribution >= 0.6 is 12.6 Å². The van der Waals surface area contributed by atoms with Crippen LogP contribution in [0.1, 0.15) is 34.1 Å². The van der Waals surface area contributed by atoms with Gasteiger partial charge in [0.2, 0.25) is 5.91 Å². The van der Waals surface area contributed by atoms with Crippen LogP contribution in [0.4, 0.5) is 0 Å². The van der Waals surface area contributed by atoms with Crippen LogP contribution in [-0.2, 0) is 4.79 Å². The Morgan fingerprint density at radius 2 is 1.92 bits per heavy atom. The molecular formula is C9H19NOS. The molecule has 3 heteroatoms. The molecule has 2 nitrogen and oxygen atoms in total. The number of hydrogen-bond donors (Lipinski definition) is 2. The van der Waals surface area contributed by atoms with Gasteiger partial charge in [-0.2, -0.15) is 12.6 Å². The fourth-order valence-electron chi connectivity index (χ4n) is 0.841. The Morgan fingerprint density at radius 1 is 1.42 bits per heavy atom. The van der Waals surface area contributed by atoms with Gasteiger partial charge in [0.1, 0.15) is 0 Å². The molecule has 0 radical (unpaired) electrons. The van der Waals surface area contributed by atoms with E-state index in [1.807, 2.05) is 6.92 Å². The SMILES string of the molecule is CCC(C)C(C)NC(=O)C(C)S. The Kier molecular flexibility index (Phi) is 5.38. The molecule has 0 saturated carbocycles. The third-order valence-corrected chi connectivity index (χ3v) is 2.48. The molecule has 3 unspecified atom stereocenters. The number of carbonyl (C=O) groups excluding carboxylic acids is 1. The van der Waals surface area contributed by atoms with Crippen LogP contribution in [0.2, 0.25) is 0 Å². The van der Waals surface area contributed by atoms with Gasteiger partial charge in [0.25, 0.3) is 0 Å². The third kappa shape index (κ3) is 4.00. The molecule has 0 aliphatic carbocycles. The smallest absolute Gasteiger partial charge is 0.232 e. The van der Waals surface area contributed by atoms with Crippen molar-refractivity contribution in [3.8, 4) is 0 Å². The molecule has 1 N–H and O–H groups in total. The topological polar surface area (TPSA) is 29.1 Å². The molecule has 0 bridgehead atoms. The van der Waals surface area contributed by atoms with E-state index < -0.39 is 0 Å². The predicted octanol–water partition coefficient (Wildman–Crippen LogP) is 1.86. The van der Waals surface area contributed by atoms with Crippen LogP contribution in [0, 0.1) is 5.92 Å².